The number of hydrogen-bond acceptors (Lipinski definition) is 4. The molecule has 0 aromatic rings. The van der Waals surface area contributed by atoms with E-state index >= 15 is 0 Å². The monoisotopic (exact) mass is 170 g/mol. The van der Waals surface area contributed by atoms with E-state index < -0.39 is 6.04 Å². The number of rotatable bonds is 5. The van der Waals surface area contributed by atoms with Crippen LogP contribution < -0.4 is 5.32 Å². The number of nitrogens with one attached hydrogen (secondary N) is 1. The molecule has 0 aliphatic heterocycles. The van der Waals surface area contributed by atoms with Crippen LogP contribution in [0.1, 0.15) is 20.3 Å². The van der Waals surface area contributed by atoms with Gasteiger partial charge in [0.05, 0.1) is 19.1 Å². The summed E-state index contributed by atoms with van der Waals surface area (Å²) in [5.41, 5.74) is 0. The Kier molecular flexibility index (Phi) is 6.02. The van der Waals surface area contributed by atoms with Gasteiger partial charge in [-0.1, -0.05) is 6.92 Å². The van der Waals surface area contributed by atoms with Crippen LogP contribution in [0.3, 0.4) is 0 Å². The fourth-order valence-electron chi connectivity index (χ4n) is 0.796. The minimum absolute atomic E-state index is 0.123. The van der Waals surface area contributed by atoms with E-state index in [1.807, 2.05) is 13.0 Å². The van der Waals surface area contributed by atoms with Crippen LogP contribution in [0.4, 0.5) is 0 Å². The molecule has 1 N–H and O–H groups in total. The molecule has 0 aliphatic rings. The Bertz CT molecular complexity index is 174. The highest BCUT2D eigenvalue weighted by atomic mass is 16.5. The second-order valence-electron chi connectivity index (χ2n) is 2.25. The predicted octanol–water partition coefficient (Wildman–Crippen LogP) is 0.441. The largest absolute Gasteiger partial charge is 0.466 e. The van der Waals surface area contributed by atoms with Gasteiger partial charge in [-0.3, -0.25) is 4.79 Å². The number of nitrogens with zero attached hydrogens (tertiary/aromatic N) is 1. The lowest BCUT2D eigenvalue weighted by molar-refractivity contribution is -0.143. The van der Waals surface area contributed by atoms with Crippen molar-refractivity contribution in [2.75, 3.05) is 13.2 Å². The van der Waals surface area contributed by atoms with Gasteiger partial charge >= 0.3 is 5.97 Å². The van der Waals surface area contributed by atoms with E-state index in [2.05, 4.69) is 5.32 Å². The summed E-state index contributed by atoms with van der Waals surface area (Å²) in [6, 6.07) is 1.56. The summed E-state index contributed by atoms with van der Waals surface area (Å²) in [5.74, 6) is -0.329. The Labute approximate surface area is 72.5 Å². The molecule has 0 aromatic carbocycles. The van der Waals surface area contributed by atoms with Crippen LogP contribution >= 0.6 is 0 Å². The van der Waals surface area contributed by atoms with Crippen molar-refractivity contribution in [2.45, 2.75) is 26.3 Å². The number of carbonyl (C=O) groups is 1. The van der Waals surface area contributed by atoms with E-state index in [0.29, 0.717) is 13.2 Å². The average Bonchev–Trinajstić information content (AvgIpc) is 2.04. The Morgan fingerprint density at radius 2 is 2.33 bits per heavy atom. The molecule has 0 spiro atoms. The number of hydrogen-bond donors (Lipinski definition) is 1. The van der Waals surface area contributed by atoms with Gasteiger partial charge in [0.2, 0.25) is 0 Å². The first kappa shape index (κ1) is 10.9. The summed E-state index contributed by atoms with van der Waals surface area (Å²) in [5, 5.41) is 11.4. The number of ether oxygens (including phenoxy) is 1. The van der Waals surface area contributed by atoms with E-state index in [-0.39, 0.29) is 12.4 Å². The van der Waals surface area contributed by atoms with Crippen molar-refractivity contribution in [2.24, 2.45) is 0 Å². The van der Waals surface area contributed by atoms with Crippen LogP contribution in [0.25, 0.3) is 0 Å². The van der Waals surface area contributed by atoms with E-state index in [0.717, 1.165) is 0 Å². The second kappa shape index (κ2) is 6.62. The second-order valence-corrected chi connectivity index (χ2v) is 2.25. The minimum Gasteiger partial charge on any atom is -0.466 e. The third-order valence-corrected chi connectivity index (χ3v) is 1.28. The van der Waals surface area contributed by atoms with Crippen LogP contribution in [-0.2, 0) is 9.53 Å². The van der Waals surface area contributed by atoms with Gasteiger partial charge in [0.15, 0.2) is 0 Å². The molecule has 68 valence electrons. The van der Waals surface area contributed by atoms with Gasteiger partial charge in [-0.25, -0.2) is 0 Å². The van der Waals surface area contributed by atoms with E-state index in [1.165, 1.54) is 0 Å². The summed E-state index contributed by atoms with van der Waals surface area (Å²) >= 11 is 0. The maximum atomic E-state index is 10.9. The Hall–Kier alpha value is -1.08. The van der Waals surface area contributed by atoms with Gasteiger partial charge in [-0.2, -0.15) is 5.26 Å². The minimum atomic E-state index is -0.422. The molecule has 0 bridgehead atoms. The predicted molar refractivity (Wildman–Crippen MR) is 44.3 cm³/mol. The SMILES string of the molecule is CCNC(C#N)CC(=O)OCC. The van der Waals surface area contributed by atoms with Crippen molar-refractivity contribution in [1.29, 1.82) is 5.26 Å². The van der Waals surface area contributed by atoms with Crippen molar-refractivity contribution < 1.29 is 9.53 Å². The standard InChI is InChI=1S/C8H14N2O2/c1-3-10-7(6-9)5-8(11)12-4-2/h7,10H,3-5H2,1-2H3. The van der Waals surface area contributed by atoms with Gasteiger partial charge in [0.1, 0.15) is 6.04 Å². The molecule has 0 aromatic heterocycles. The molecule has 0 amide bonds. The van der Waals surface area contributed by atoms with Crippen molar-refractivity contribution >= 4 is 5.97 Å². The highest BCUT2D eigenvalue weighted by Crippen LogP contribution is 1.93. The molecule has 4 heteroatoms. The van der Waals surface area contributed by atoms with Crippen molar-refractivity contribution in [3.63, 3.8) is 0 Å². The molecule has 4 nitrogen and oxygen atoms in total. The molecule has 1 atom stereocenters. The first-order chi connectivity index (χ1) is 5.74. The van der Waals surface area contributed by atoms with Gasteiger partial charge in [0.25, 0.3) is 0 Å². The quantitative estimate of drug-likeness (QED) is 0.608. The average molecular weight is 170 g/mol. The van der Waals surface area contributed by atoms with Gasteiger partial charge in [-0.05, 0) is 13.5 Å². The fraction of sp³-hybridized carbons (Fsp3) is 0.750. The summed E-state index contributed by atoms with van der Waals surface area (Å²) in [6.45, 7) is 4.67. The molecule has 0 fully saturated rings. The summed E-state index contributed by atoms with van der Waals surface area (Å²) in [6.07, 6.45) is 0.123. The normalized spacial score (nSPS) is 11.8. The Morgan fingerprint density at radius 1 is 1.67 bits per heavy atom. The smallest absolute Gasteiger partial charge is 0.308 e. The number of nitriles is 1. The van der Waals surface area contributed by atoms with Gasteiger partial charge < -0.3 is 10.1 Å². The van der Waals surface area contributed by atoms with Crippen molar-refractivity contribution in [3.05, 3.63) is 0 Å². The third kappa shape index (κ3) is 4.69. The Balaban J connectivity index is 3.71. The van der Waals surface area contributed by atoms with Crippen molar-refractivity contribution in [3.8, 4) is 6.07 Å². The van der Waals surface area contributed by atoms with E-state index in [1.54, 1.807) is 6.92 Å². The van der Waals surface area contributed by atoms with Crippen molar-refractivity contribution in [1.82, 2.24) is 5.32 Å². The zero-order chi connectivity index (χ0) is 9.40. The first-order valence-electron chi connectivity index (χ1n) is 4.03. The number of carbonyl (C=O) groups excluding carboxylic acids is 1. The Morgan fingerprint density at radius 3 is 2.75 bits per heavy atom. The van der Waals surface area contributed by atoms with E-state index in [4.69, 9.17) is 10.00 Å². The lowest BCUT2D eigenvalue weighted by Gasteiger charge is -2.07. The lowest BCUT2D eigenvalue weighted by Crippen LogP contribution is -2.30. The molecule has 12 heavy (non-hydrogen) atoms. The van der Waals surface area contributed by atoms with Crippen LogP contribution in [0.2, 0.25) is 0 Å². The molecule has 0 aliphatic carbocycles. The highest BCUT2D eigenvalue weighted by Gasteiger charge is 2.11. The molecule has 0 radical (unpaired) electrons. The van der Waals surface area contributed by atoms with Gasteiger partial charge in [0, 0.05) is 0 Å². The van der Waals surface area contributed by atoms with Crippen LogP contribution in [0.5, 0.6) is 0 Å². The lowest BCUT2D eigenvalue weighted by atomic mass is 10.2. The zero-order valence-corrected chi connectivity index (χ0v) is 7.46. The number of esters is 1. The molecular formula is C8H14N2O2. The molecule has 0 saturated carbocycles. The zero-order valence-electron chi connectivity index (χ0n) is 7.46. The fourth-order valence-corrected chi connectivity index (χ4v) is 0.796. The van der Waals surface area contributed by atoms with Gasteiger partial charge in [-0.15, -0.1) is 0 Å². The molecule has 0 heterocycles. The molecule has 1 unspecified atom stereocenters. The topological polar surface area (TPSA) is 62.1 Å². The van der Waals surface area contributed by atoms with Crippen LogP contribution in [-0.4, -0.2) is 25.2 Å². The molecular weight excluding hydrogens is 156 g/mol. The first-order valence-corrected chi connectivity index (χ1v) is 4.03. The summed E-state index contributed by atoms with van der Waals surface area (Å²) < 4.78 is 4.69. The molecule has 0 rings (SSSR count). The van der Waals surface area contributed by atoms with Crippen LogP contribution in [0, 0.1) is 11.3 Å². The summed E-state index contributed by atoms with van der Waals surface area (Å²) in [7, 11) is 0. The summed E-state index contributed by atoms with van der Waals surface area (Å²) in [4.78, 5) is 10.9. The van der Waals surface area contributed by atoms with E-state index in [9.17, 15) is 4.79 Å². The third-order valence-electron chi connectivity index (χ3n) is 1.28. The highest BCUT2D eigenvalue weighted by molar-refractivity contribution is 5.70. The maximum Gasteiger partial charge on any atom is 0.308 e. The van der Waals surface area contributed by atoms with Crippen LogP contribution in [0.15, 0.2) is 0 Å². The molecule has 0 saturated heterocycles. The maximum absolute atomic E-state index is 10.9.